The second-order valence-electron chi connectivity index (χ2n) is 4.93. The third-order valence-electron chi connectivity index (χ3n) is 3.53. The largest absolute Gasteiger partial charge is 0.478 e. The Labute approximate surface area is 92.4 Å². The molecule has 0 saturated heterocycles. The number of carboxylic acid groups (broad SMARTS) is 1. The Bertz CT molecular complexity index is 225. The van der Waals surface area contributed by atoms with E-state index in [0.29, 0.717) is 12.0 Å². The quantitative estimate of drug-likeness (QED) is 0.704. The highest BCUT2D eigenvalue weighted by Gasteiger charge is 2.17. The van der Waals surface area contributed by atoms with Crippen molar-refractivity contribution in [1.82, 2.24) is 0 Å². The maximum atomic E-state index is 10.5. The molecule has 0 atom stereocenters. The standard InChI is InChI=1S/C13H22O2/c1-10-6-8-12(9-7-10)5-3-4-11(2)13(14)15/h10,12H,2-9H2,1H3,(H,14,15). The number of carbonyl (C=O) groups is 1. The molecule has 0 aromatic rings. The lowest BCUT2D eigenvalue weighted by molar-refractivity contribution is -0.132. The van der Waals surface area contributed by atoms with Crippen molar-refractivity contribution in [3.63, 3.8) is 0 Å². The van der Waals surface area contributed by atoms with Crippen LogP contribution in [0.2, 0.25) is 0 Å². The summed E-state index contributed by atoms with van der Waals surface area (Å²) in [4.78, 5) is 10.5. The second-order valence-corrected chi connectivity index (χ2v) is 4.93. The first kappa shape index (κ1) is 12.3. The monoisotopic (exact) mass is 210 g/mol. The zero-order valence-electron chi connectivity index (χ0n) is 9.67. The van der Waals surface area contributed by atoms with Crippen LogP contribution < -0.4 is 0 Å². The molecule has 0 spiro atoms. The minimum Gasteiger partial charge on any atom is -0.478 e. The van der Waals surface area contributed by atoms with Crippen molar-refractivity contribution in [2.75, 3.05) is 0 Å². The third-order valence-corrected chi connectivity index (χ3v) is 3.53. The van der Waals surface area contributed by atoms with Crippen molar-refractivity contribution in [3.8, 4) is 0 Å². The molecule has 1 fully saturated rings. The molecule has 0 bridgehead atoms. The smallest absolute Gasteiger partial charge is 0.330 e. The van der Waals surface area contributed by atoms with Gasteiger partial charge in [0.2, 0.25) is 0 Å². The Hall–Kier alpha value is -0.790. The van der Waals surface area contributed by atoms with Crippen molar-refractivity contribution in [2.24, 2.45) is 11.8 Å². The van der Waals surface area contributed by atoms with Gasteiger partial charge in [-0.1, -0.05) is 45.6 Å². The molecule has 0 aliphatic heterocycles. The molecule has 2 heteroatoms. The van der Waals surface area contributed by atoms with Crippen molar-refractivity contribution in [2.45, 2.75) is 51.9 Å². The van der Waals surface area contributed by atoms with Gasteiger partial charge < -0.3 is 5.11 Å². The summed E-state index contributed by atoms with van der Waals surface area (Å²) in [5, 5.41) is 8.65. The third kappa shape index (κ3) is 4.50. The molecule has 1 saturated carbocycles. The maximum absolute atomic E-state index is 10.5. The molecule has 2 nitrogen and oxygen atoms in total. The number of aliphatic carboxylic acids is 1. The Balaban J connectivity index is 2.10. The fraction of sp³-hybridized carbons (Fsp3) is 0.769. The normalized spacial score (nSPS) is 26.2. The van der Waals surface area contributed by atoms with Gasteiger partial charge in [0.15, 0.2) is 0 Å². The van der Waals surface area contributed by atoms with Crippen LogP contribution in [0.5, 0.6) is 0 Å². The summed E-state index contributed by atoms with van der Waals surface area (Å²) < 4.78 is 0. The van der Waals surface area contributed by atoms with E-state index in [0.717, 1.165) is 18.3 Å². The first-order valence-electron chi connectivity index (χ1n) is 6.00. The molecule has 0 radical (unpaired) electrons. The van der Waals surface area contributed by atoms with E-state index in [4.69, 9.17) is 5.11 Å². The van der Waals surface area contributed by atoms with E-state index in [1.54, 1.807) is 0 Å². The van der Waals surface area contributed by atoms with E-state index < -0.39 is 5.97 Å². The van der Waals surface area contributed by atoms with E-state index in [-0.39, 0.29) is 0 Å². The van der Waals surface area contributed by atoms with Crippen LogP contribution in [0.15, 0.2) is 12.2 Å². The Morgan fingerprint density at radius 2 is 1.93 bits per heavy atom. The molecule has 15 heavy (non-hydrogen) atoms. The zero-order chi connectivity index (χ0) is 11.3. The summed E-state index contributed by atoms with van der Waals surface area (Å²) in [5.74, 6) is 0.894. The molecule has 1 aliphatic carbocycles. The highest BCUT2D eigenvalue weighted by molar-refractivity contribution is 5.85. The van der Waals surface area contributed by atoms with Gasteiger partial charge in [-0.2, -0.15) is 0 Å². The van der Waals surface area contributed by atoms with Gasteiger partial charge in [0.25, 0.3) is 0 Å². The molecule has 0 aromatic carbocycles. The van der Waals surface area contributed by atoms with Gasteiger partial charge in [0, 0.05) is 5.57 Å². The summed E-state index contributed by atoms with van der Waals surface area (Å²) in [6.45, 7) is 5.87. The second kappa shape index (κ2) is 5.94. The van der Waals surface area contributed by atoms with E-state index in [1.165, 1.54) is 32.1 Å². The molecule has 1 N–H and O–H groups in total. The summed E-state index contributed by atoms with van der Waals surface area (Å²) in [7, 11) is 0. The van der Waals surface area contributed by atoms with Crippen LogP contribution in [-0.4, -0.2) is 11.1 Å². The number of carboxylic acids is 1. The van der Waals surface area contributed by atoms with Gasteiger partial charge >= 0.3 is 5.97 Å². The number of hydrogen-bond donors (Lipinski definition) is 1. The molecule has 1 aliphatic rings. The van der Waals surface area contributed by atoms with Crippen LogP contribution in [0.25, 0.3) is 0 Å². The van der Waals surface area contributed by atoms with Gasteiger partial charge in [0.05, 0.1) is 0 Å². The molecule has 0 aromatic heterocycles. The lowest BCUT2D eigenvalue weighted by Gasteiger charge is -2.25. The molecular weight excluding hydrogens is 188 g/mol. The molecule has 0 unspecified atom stereocenters. The fourth-order valence-corrected chi connectivity index (χ4v) is 2.33. The average Bonchev–Trinajstić information content (AvgIpc) is 2.20. The van der Waals surface area contributed by atoms with E-state index in [2.05, 4.69) is 13.5 Å². The summed E-state index contributed by atoms with van der Waals surface area (Å²) >= 11 is 0. The van der Waals surface area contributed by atoms with Crippen LogP contribution in [0, 0.1) is 11.8 Å². The topological polar surface area (TPSA) is 37.3 Å². The molecule has 0 amide bonds. The minimum atomic E-state index is -0.840. The van der Waals surface area contributed by atoms with E-state index >= 15 is 0 Å². The van der Waals surface area contributed by atoms with Crippen molar-refractivity contribution < 1.29 is 9.90 Å². The van der Waals surface area contributed by atoms with Gasteiger partial charge in [-0.3, -0.25) is 0 Å². The Kier molecular flexibility index (Phi) is 4.86. The molecular formula is C13H22O2. The fourth-order valence-electron chi connectivity index (χ4n) is 2.33. The zero-order valence-corrected chi connectivity index (χ0v) is 9.67. The van der Waals surface area contributed by atoms with Crippen LogP contribution in [0.3, 0.4) is 0 Å². The van der Waals surface area contributed by atoms with Gasteiger partial charge in [-0.05, 0) is 24.7 Å². The van der Waals surface area contributed by atoms with E-state index in [9.17, 15) is 4.79 Å². The predicted octanol–water partition coefficient (Wildman–Crippen LogP) is 3.62. The predicted molar refractivity (Wildman–Crippen MR) is 61.7 cm³/mol. The average molecular weight is 210 g/mol. The summed E-state index contributed by atoms with van der Waals surface area (Å²) in [6, 6.07) is 0. The van der Waals surface area contributed by atoms with Crippen LogP contribution in [-0.2, 0) is 4.79 Å². The number of hydrogen-bond acceptors (Lipinski definition) is 1. The minimum absolute atomic E-state index is 0.360. The van der Waals surface area contributed by atoms with Crippen LogP contribution in [0.1, 0.15) is 51.9 Å². The number of rotatable bonds is 5. The van der Waals surface area contributed by atoms with Gasteiger partial charge in [-0.25, -0.2) is 4.79 Å². The van der Waals surface area contributed by atoms with Crippen molar-refractivity contribution >= 4 is 5.97 Å². The molecule has 86 valence electrons. The lowest BCUT2D eigenvalue weighted by Crippen LogP contribution is -2.12. The van der Waals surface area contributed by atoms with Crippen LogP contribution in [0.4, 0.5) is 0 Å². The van der Waals surface area contributed by atoms with Crippen molar-refractivity contribution in [3.05, 3.63) is 12.2 Å². The van der Waals surface area contributed by atoms with Gasteiger partial charge in [0.1, 0.15) is 0 Å². The molecule has 0 heterocycles. The lowest BCUT2D eigenvalue weighted by atomic mass is 9.80. The first-order chi connectivity index (χ1) is 7.09. The summed E-state index contributed by atoms with van der Waals surface area (Å²) in [5.41, 5.74) is 0.360. The van der Waals surface area contributed by atoms with E-state index in [1.807, 2.05) is 0 Å². The highest BCUT2D eigenvalue weighted by Crippen LogP contribution is 2.31. The summed E-state index contributed by atoms with van der Waals surface area (Å²) in [6.07, 6.45) is 8.20. The Morgan fingerprint density at radius 3 is 2.47 bits per heavy atom. The molecule has 1 rings (SSSR count). The first-order valence-corrected chi connectivity index (χ1v) is 6.00. The van der Waals surface area contributed by atoms with Gasteiger partial charge in [-0.15, -0.1) is 0 Å². The highest BCUT2D eigenvalue weighted by atomic mass is 16.4. The maximum Gasteiger partial charge on any atom is 0.330 e. The van der Waals surface area contributed by atoms with Crippen LogP contribution >= 0.6 is 0 Å². The Morgan fingerprint density at radius 1 is 1.33 bits per heavy atom. The van der Waals surface area contributed by atoms with Crippen molar-refractivity contribution in [1.29, 1.82) is 0 Å². The SMILES string of the molecule is C=C(CCCC1CCC(C)CC1)C(=O)O.